The van der Waals surface area contributed by atoms with Crippen molar-refractivity contribution in [2.45, 2.75) is 78.2 Å². The average molecular weight is 587 g/mol. The van der Waals surface area contributed by atoms with Crippen molar-refractivity contribution in [3.63, 3.8) is 0 Å². The molecule has 1 unspecified atom stereocenters. The molecule has 1 aliphatic carbocycles. The van der Waals surface area contributed by atoms with Gasteiger partial charge < -0.3 is 11.5 Å². The van der Waals surface area contributed by atoms with Gasteiger partial charge in [-0.15, -0.1) is 11.1 Å². The van der Waals surface area contributed by atoms with Crippen LogP contribution in [-0.2, 0) is 21.7 Å². The maximum absolute atomic E-state index is 6.94. The first-order valence-corrected chi connectivity index (χ1v) is 16.8. The standard InChI is InChI=1S/C16H14.C12H16Si.2C4H10N.Ti/c1-3-9-15(10-4-1)13-7-8-14-16-11-5-2-6-12-16;1-9-8-10-6-4-5-7-11(10)12(9)13(2)3;2*1-4(2,3)5;/h1-14H;4-8,12-13H,1-3H3;2*5H,1-3H3;/q;;2*-1;+2. The second kappa shape index (κ2) is 19.0. The zero-order valence-electron chi connectivity index (χ0n) is 26.1. The molecule has 0 heterocycles. The molecule has 0 aromatic heterocycles. The third-order valence-corrected chi connectivity index (χ3v) is 7.38. The summed E-state index contributed by atoms with van der Waals surface area (Å²) in [6, 6.07) is 29.4. The van der Waals surface area contributed by atoms with Gasteiger partial charge in [0.25, 0.3) is 0 Å². The van der Waals surface area contributed by atoms with Gasteiger partial charge in [-0.25, -0.2) is 0 Å². The Labute approximate surface area is 262 Å². The average Bonchev–Trinajstić information content (AvgIpc) is 3.17. The maximum atomic E-state index is 6.94. The van der Waals surface area contributed by atoms with Gasteiger partial charge >= 0.3 is 21.7 Å². The second-order valence-electron chi connectivity index (χ2n) is 12.3. The summed E-state index contributed by atoms with van der Waals surface area (Å²) < 4.78 is 0. The monoisotopic (exact) mass is 586 g/mol. The summed E-state index contributed by atoms with van der Waals surface area (Å²) in [5.74, 6) is 0. The number of allylic oxidation sites excluding steroid dienone is 3. The summed E-state index contributed by atoms with van der Waals surface area (Å²) in [5.41, 5.74) is 21.2. The predicted octanol–water partition coefficient (Wildman–Crippen LogP) is 11.3. The molecule has 0 radical (unpaired) electrons. The number of hydrogen-bond acceptors (Lipinski definition) is 0. The van der Waals surface area contributed by atoms with E-state index in [1.54, 1.807) is 11.1 Å². The number of nitrogens with one attached hydrogen (secondary N) is 2. The summed E-state index contributed by atoms with van der Waals surface area (Å²) in [4.78, 5) is 0. The third kappa shape index (κ3) is 18.9. The Kier molecular flexibility index (Phi) is 17.9. The van der Waals surface area contributed by atoms with Crippen LogP contribution < -0.4 is 0 Å². The molecule has 0 amide bonds. The quantitative estimate of drug-likeness (QED) is 0.216. The summed E-state index contributed by atoms with van der Waals surface area (Å²) in [5, 5.41) is 0. The van der Waals surface area contributed by atoms with Crippen LogP contribution in [0.1, 0.15) is 76.3 Å². The topological polar surface area (TPSA) is 47.6 Å². The Morgan fingerprint density at radius 2 is 0.975 bits per heavy atom. The number of rotatable bonds is 4. The number of fused-ring (bicyclic) bond motifs is 1. The second-order valence-corrected chi connectivity index (χ2v) is 15.4. The minimum atomic E-state index is -0.586. The van der Waals surface area contributed by atoms with Crippen molar-refractivity contribution < 1.29 is 21.7 Å². The smallest absolute Gasteiger partial charge is 0.673 e. The first-order valence-electron chi connectivity index (χ1n) is 13.9. The Bertz CT molecular complexity index is 1100. The fraction of sp³-hybridized carbons (Fsp3) is 0.333. The van der Waals surface area contributed by atoms with Crippen LogP contribution in [0.15, 0.2) is 103 Å². The summed E-state index contributed by atoms with van der Waals surface area (Å²) >= 11 is 0. The van der Waals surface area contributed by atoms with E-state index in [1.807, 2.05) is 77.9 Å². The van der Waals surface area contributed by atoms with E-state index in [0.29, 0.717) is 0 Å². The van der Waals surface area contributed by atoms with E-state index in [9.17, 15) is 0 Å². The molecule has 0 aliphatic heterocycles. The van der Waals surface area contributed by atoms with Crippen LogP contribution in [0.2, 0.25) is 13.1 Å². The van der Waals surface area contributed by atoms with E-state index >= 15 is 0 Å². The predicted molar refractivity (Wildman–Crippen MR) is 181 cm³/mol. The zero-order chi connectivity index (χ0) is 29.5. The van der Waals surface area contributed by atoms with Crippen molar-refractivity contribution in [3.05, 3.63) is 136 Å². The van der Waals surface area contributed by atoms with Gasteiger partial charge in [0.1, 0.15) is 0 Å². The van der Waals surface area contributed by atoms with Crippen LogP contribution >= 0.6 is 0 Å². The van der Waals surface area contributed by atoms with Crippen LogP contribution in [0.4, 0.5) is 0 Å². The molecule has 3 aromatic rings. The molecule has 0 saturated heterocycles. The van der Waals surface area contributed by atoms with Crippen LogP contribution in [0.3, 0.4) is 0 Å². The zero-order valence-corrected chi connectivity index (χ0v) is 28.8. The number of hydrogen-bond donors (Lipinski definition) is 0. The normalized spacial score (nSPS) is 14.1. The molecule has 40 heavy (non-hydrogen) atoms. The van der Waals surface area contributed by atoms with Gasteiger partial charge in [0.15, 0.2) is 0 Å². The first kappa shape index (κ1) is 37.7. The van der Waals surface area contributed by atoms with Crippen molar-refractivity contribution in [3.8, 4) is 0 Å². The Morgan fingerprint density at radius 1 is 0.625 bits per heavy atom. The summed E-state index contributed by atoms with van der Waals surface area (Å²) in [6.45, 7) is 18.3. The van der Waals surface area contributed by atoms with E-state index in [0.717, 1.165) is 5.54 Å². The van der Waals surface area contributed by atoms with Crippen LogP contribution in [0.5, 0.6) is 0 Å². The molecular formula is C36H50N2SiTi. The Morgan fingerprint density at radius 3 is 1.35 bits per heavy atom. The van der Waals surface area contributed by atoms with Crippen molar-refractivity contribution in [1.82, 2.24) is 0 Å². The molecule has 1 atom stereocenters. The largest absolute Gasteiger partial charge is 2.00 e. The SMILES string of the molecule is C(C=Cc1ccccc1)=Cc1ccccc1.CC(C)(C)[NH-].CC(C)(C)[NH-].CC1=Cc2ccccc2C1[SiH](C)C.[Ti+2]. The molecule has 0 saturated carbocycles. The van der Waals surface area contributed by atoms with Crippen molar-refractivity contribution in [1.29, 1.82) is 0 Å². The van der Waals surface area contributed by atoms with Gasteiger partial charge in [0.2, 0.25) is 0 Å². The Balaban J connectivity index is 0.000000568. The van der Waals surface area contributed by atoms with Gasteiger partial charge in [0.05, 0.1) is 0 Å². The minimum Gasteiger partial charge on any atom is -0.673 e. The first-order chi connectivity index (χ1) is 18.1. The van der Waals surface area contributed by atoms with Gasteiger partial charge in [-0.05, 0) is 34.7 Å². The van der Waals surface area contributed by atoms with Crippen LogP contribution in [0, 0.1) is 0 Å². The van der Waals surface area contributed by atoms with Gasteiger partial charge in [-0.2, -0.15) is 0 Å². The molecule has 2 N–H and O–H groups in total. The Hall–Kier alpha value is -2.27. The molecule has 0 bridgehead atoms. The molecule has 4 heteroatoms. The molecule has 1 aliphatic rings. The minimum absolute atomic E-state index is 0. The van der Waals surface area contributed by atoms with E-state index in [2.05, 4.69) is 98.9 Å². The summed E-state index contributed by atoms with van der Waals surface area (Å²) in [7, 11) is -0.586. The summed E-state index contributed by atoms with van der Waals surface area (Å²) in [6.07, 6.45) is 10.7. The molecule has 0 fully saturated rings. The fourth-order valence-corrected chi connectivity index (χ4v) is 6.02. The molecule has 0 spiro atoms. The van der Waals surface area contributed by atoms with Crippen LogP contribution in [-0.4, -0.2) is 19.9 Å². The molecular weight excluding hydrogens is 536 g/mol. The third-order valence-electron chi connectivity index (χ3n) is 5.16. The van der Waals surface area contributed by atoms with E-state index in [-0.39, 0.29) is 32.8 Å². The van der Waals surface area contributed by atoms with Crippen LogP contribution in [0.25, 0.3) is 29.7 Å². The molecule has 2 nitrogen and oxygen atoms in total. The molecule has 212 valence electrons. The van der Waals surface area contributed by atoms with Gasteiger partial charge in [-0.3, -0.25) is 0 Å². The van der Waals surface area contributed by atoms with Crippen molar-refractivity contribution in [2.75, 3.05) is 0 Å². The fourth-order valence-electron chi connectivity index (χ4n) is 3.85. The van der Waals surface area contributed by atoms with E-state index in [4.69, 9.17) is 11.5 Å². The van der Waals surface area contributed by atoms with E-state index < -0.39 is 8.80 Å². The van der Waals surface area contributed by atoms with Crippen molar-refractivity contribution in [2.24, 2.45) is 0 Å². The van der Waals surface area contributed by atoms with E-state index in [1.165, 1.54) is 16.7 Å². The maximum Gasteiger partial charge on any atom is 2.00 e. The van der Waals surface area contributed by atoms with Crippen molar-refractivity contribution >= 4 is 27.0 Å². The molecule has 4 rings (SSSR count). The number of benzene rings is 3. The molecule has 3 aromatic carbocycles. The van der Waals surface area contributed by atoms with Gasteiger partial charge in [-0.1, -0.05) is 176 Å². The van der Waals surface area contributed by atoms with Gasteiger partial charge in [0, 0.05) is 8.80 Å².